The van der Waals surface area contributed by atoms with E-state index in [1.807, 2.05) is 0 Å². The van der Waals surface area contributed by atoms with Gasteiger partial charge in [-0.2, -0.15) is 0 Å². The Kier molecular flexibility index (Phi) is 9.22. The summed E-state index contributed by atoms with van der Waals surface area (Å²) in [5.41, 5.74) is 1.20. The molecule has 0 nitrogen and oxygen atoms in total. The highest BCUT2D eigenvalue weighted by atomic mass is 80.0. The fourth-order valence-electron chi connectivity index (χ4n) is 6.23. The van der Waals surface area contributed by atoms with Gasteiger partial charge in [0.05, 0.1) is 0 Å². The van der Waals surface area contributed by atoms with E-state index in [4.69, 9.17) is 30.6 Å². The highest BCUT2D eigenvalue weighted by Gasteiger charge is 2.71. The molecule has 8 heteroatoms. The van der Waals surface area contributed by atoms with E-state index >= 15 is 0 Å². The van der Waals surface area contributed by atoms with E-state index in [1.54, 1.807) is 0 Å². The van der Waals surface area contributed by atoms with Crippen molar-refractivity contribution in [1.29, 1.82) is 0 Å². The normalized spacial score (nSPS) is 28.0. The summed E-state index contributed by atoms with van der Waals surface area (Å²) < 4.78 is -1.79. The van der Waals surface area contributed by atoms with Crippen molar-refractivity contribution < 1.29 is 0 Å². The smallest absolute Gasteiger partial charge is 0.128 e. The number of hydrogen-bond acceptors (Lipinski definition) is 0. The zero-order chi connectivity index (χ0) is 18.8. The summed E-state index contributed by atoms with van der Waals surface area (Å²) in [7, 11) is 0. The van der Waals surface area contributed by atoms with Gasteiger partial charge in [-0.25, -0.2) is 0 Å². The van der Waals surface area contributed by atoms with Crippen LogP contribution < -0.4 is 0 Å². The largest absolute Gasteiger partial charge is 0.265 e. The maximum absolute atomic E-state index is 4.80. The predicted molar refractivity (Wildman–Crippen MR) is 142 cm³/mol. The first-order valence-corrected chi connectivity index (χ1v) is 30.3. The van der Waals surface area contributed by atoms with Crippen molar-refractivity contribution in [2.75, 3.05) is 0 Å². The van der Waals surface area contributed by atoms with E-state index < -0.39 is 15.4 Å². The molecule has 0 aromatic rings. The minimum Gasteiger partial charge on any atom is -0.128 e. The van der Waals surface area contributed by atoms with E-state index in [9.17, 15) is 0 Å². The monoisotopic (exact) mass is 728 g/mol. The number of hydrogen-bond donors (Lipinski definition) is 0. The van der Waals surface area contributed by atoms with E-state index in [0.29, 0.717) is 0 Å². The van der Waals surface area contributed by atoms with Crippen molar-refractivity contribution in [3.05, 3.63) is 0 Å². The van der Waals surface area contributed by atoms with Crippen LogP contribution in [0.5, 0.6) is 0 Å². The molecule has 3 aliphatic carbocycles. The molecule has 3 rings (SSSR count). The van der Waals surface area contributed by atoms with Crippen LogP contribution in [0.25, 0.3) is 0 Å². The first-order chi connectivity index (χ1) is 12.3. The second kappa shape index (κ2) is 10.1. The van der Waals surface area contributed by atoms with Crippen LogP contribution in [0.15, 0.2) is 0 Å². The van der Waals surface area contributed by atoms with E-state index in [2.05, 4.69) is 45.9 Å². The molecular weight excluding hydrogens is 700 g/mol. The Balaban J connectivity index is 2.05. The highest BCUT2D eigenvalue weighted by Crippen LogP contribution is 2.66. The SMILES string of the molecule is Br[Si](Br)(Br)[Si](Br)(C1CCCCC1)[Si](Br)(C1CCCCC1)C1CCCCC1. The number of rotatable bonds is 5. The van der Waals surface area contributed by atoms with E-state index in [-0.39, 0.29) is 0 Å². The maximum atomic E-state index is 4.80. The second-order valence-corrected chi connectivity index (χ2v) is 67.5. The maximum Gasteiger partial charge on any atom is 0.265 e. The Morgan fingerprint density at radius 1 is 0.423 bits per heavy atom. The van der Waals surface area contributed by atoms with Gasteiger partial charge in [-0.3, -0.25) is 0 Å². The topological polar surface area (TPSA) is 0 Å². The molecule has 0 radical (unpaired) electrons. The summed E-state index contributed by atoms with van der Waals surface area (Å²) in [5, 5.41) is 0. The molecule has 0 heterocycles. The zero-order valence-electron chi connectivity index (χ0n) is 15.7. The summed E-state index contributed by atoms with van der Waals surface area (Å²) in [4.78, 5) is 0. The van der Waals surface area contributed by atoms with Crippen LogP contribution in [0.1, 0.15) is 96.3 Å². The van der Waals surface area contributed by atoms with Gasteiger partial charge < -0.3 is 0 Å². The van der Waals surface area contributed by atoms with Gasteiger partial charge in [0.1, 0.15) is 6.21 Å². The Labute approximate surface area is 202 Å². The average Bonchev–Trinajstić information content (AvgIpc) is 2.68. The van der Waals surface area contributed by atoms with Crippen molar-refractivity contribution in [3.8, 4) is 0 Å². The minimum absolute atomic E-state index is 0.941. The van der Waals surface area contributed by atoms with Crippen LogP contribution in [0.4, 0.5) is 0 Å². The lowest BCUT2D eigenvalue weighted by molar-refractivity contribution is 0.462. The molecule has 0 bridgehead atoms. The lowest BCUT2D eigenvalue weighted by Gasteiger charge is -2.57. The van der Waals surface area contributed by atoms with Gasteiger partial charge in [0, 0.05) is 0 Å². The predicted octanol–water partition coefficient (Wildman–Crippen LogP) is 9.95. The minimum atomic E-state index is -1.79. The molecule has 0 amide bonds. The van der Waals surface area contributed by atoms with Crippen LogP contribution in [0.2, 0.25) is 16.6 Å². The molecule has 0 aromatic heterocycles. The van der Waals surface area contributed by atoms with Crippen molar-refractivity contribution in [2.24, 2.45) is 0 Å². The molecule has 26 heavy (non-hydrogen) atoms. The molecule has 0 saturated heterocycles. The van der Waals surface area contributed by atoms with Gasteiger partial charge in [-0.1, -0.05) is 142 Å². The number of halogens is 5. The molecule has 3 aliphatic rings. The third-order valence-corrected chi connectivity index (χ3v) is 104. The Morgan fingerprint density at radius 2 is 0.731 bits per heavy atom. The Bertz CT molecular complexity index is 436. The fraction of sp³-hybridized carbons (Fsp3) is 1.00. The molecule has 3 fully saturated rings. The van der Waals surface area contributed by atoms with E-state index in [0.717, 1.165) is 16.6 Å². The van der Waals surface area contributed by atoms with Crippen LogP contribution in [0.3, 0.4) is 0 Å². The molecular formula is C18H33Br5Si3. The van der Waals surface area contributed by atoms with Crippen molar-refractivity contribution in [2.45, 2.75) is 113 Å². The third kappa shape index (κ3) is 4.62. The summed E-state index contributed by atoms with van der Waals surface area (Å²) in [6.45, 7) is 0. The first kappa shape index (κ1) is 23.7. The van der Waals surface area contributed by atoms with Gasteiger partial charge in [-0.05, 0) is 16.6 Å². The van der Waals surface area contributed by atoms with Crippen molar-refractivity contribution in [1.82, 2.24) is 0 Å². The van der Waals surface area contributed by atoms with Gasteiger partial charge in [0.2, 0.25) is 0 Å². The Hall–Kier alpha value is 3.05. The standard InChI is InChI=1S/C18H33Br5Si3/c19-24(16-10-4-1-5-11-16,17-12-6-2-7-13-17)25(20,26(21,22)23)18-14-8-3-9-15-18/h16-18H,1-15H2. The molecule has 0 aliphatic heterocycles. The summed E-state index contributed by atoms with van der Waals surface area (Å²) in [6.07, 6.45) is 20.5. The third-order valence-electron chi connectivity index (χ3n) is 7.54. The molecule has 3 saturated carbocycles. The summed E-state index contributed by atoms with van der Waals surface area (Å²) in [6, 6.07) is 0. The molecule has 152 valence electrons. The van der Waals surface area contributed by atoms with Crippen molar-refractivity contribution in [3.63, 3.8) is 0 Å². The lowest BCUT2D eigenvalue weighted by atomic mass is 9.99. The quantitative estimate of drug-likeness (QED) is 0.195. The van der Waals surface area contributed by atoms with Gasteiger partial charge in [0.15, 0.2) is 5.73 Å². The van der Waals surface area contributed by atoms with Crippen LogP contribution in [-0.4, -0.2) is 15.4 Å². The molecule has 1 atom stereocenters. The van der Waals surface area contributed by atoms with Crippen LogP contribution >= 0.6 is 76.5 Å². The molecule has 0 spiro atoms. The first-order valence-electron chi connectivity index (χ1n) is 10.8. The second-order valence-electron chi connectivity index (χ2n) is 8.98. The Morgan fingerprint density at radius 3 is 1.04 bits per heavy atom. The van der Waals surface area contributed by atoms with Crippen LogP contribution in [-0.2, 0) is 0 Å². The average molecular weight is 733 g/mol. The lowest BCUT2D eigenvalue weighted by Crippen LogP contribution is -2.71. The van der Waals surface area contributed by atoms with Gasteiger partial charge in [-0.15, -0.1) is 30.6 Å². The van der Waals surface area contributed by atoms with Crippen molar-refractivity contribution >= 4 is 91.9 Å². The highest BCUT2D eigenvalue weighted by molar-refractivity contribution is 9.77. The van der Waals surface area contributed by atoms with Crippen LogP contribution in [0, 0.1) is 0 Å². The molecule has 1 unspecified atom stereocenters. The molecule has 0 aromatic carbocycles. The molecule has 0 N–H and O–H groups in total. The van der Waals surface area contributed by atoms with Gasteiger partial charge in [0.25, 0.3) is 3.45 Å². The zero-order valence-corrected chi connectivity index (χ0v) is 26.7. The summed E-state index contributed by atoms with van der Waals surface area (Å²) in [5.74, 6) is 0. The van der Waals surface area contributed by atoms with Gasteiger partial charge >= 0.3 is 0 Å². The van der Waals surface area contributed by atoms with E-state index in [1.165, 1.54) is 96.3 Å². The summed E-state index contributed by atoms with van der Waals surface area (Å²) >= 11 is 22.4. The fourth-order valence-corrected chi connectivity index (χ4v) is 110.